The average Bonchev–Trinajstić information content (AvgIpc) is 2.68. The fourth-order valence-electron chi connectivity index (χ4n) is 2.63. The lowest BCUT2D eigenvalue weighted by Crippen LogP contribution is -2.48. The molecule has 0 aromatic rings. The number of nitrogens with one attached hydrogen (secondary N) is 1. The van der Waals surface area contributed by atoms with Crippen molar-refractivity contribution in [3.8, 4) is 0 Å². The summed E-state index contributed by atoms with van der Waals surface area (Å²) in [5.41, 5.74) is 5.13. The van der Waals surface area contributed by atoms with E-state index in [2.05, 4.69) is 6.92 Å². The third-order valence-corrected chi connectivity index (χ3v) is 4.47. The van der Waals surface area contributed by atoms with E-state index in [1.807, 2.05) is 0 Å². The van der Waals surface area contributed by atoms with Crippen LogP contribution in [0.3, 0.4) is 0 Å². The van der Waals surface area contributed by atoms with Gasteiger partial charge in [-0.15, -0.1) is 0 Å². The molecule has 1 aliphatic heterocycles. The fourth-order valence-corrected chi connectivity index (χ4v) is 2.63. The second kappa shape index (κ2) is 14.5. The van der Waals surface area contributed by atoms with Crippen molar-refractivity contribution in [2.45, 2.75) is 57.8 Å². The summed E-state index contributed by atoms with van der Waals surface area (Å²) in [4.78, 5) is 31.9. The first kappa shape index (κ1) is 32.6. The second-order valence-corrected chi connectivity index (χ2v) is 7.10. The lowest BCUT2D eigenvalue weighted by Gasteiger charge is -2.39. The fraction of sp³-hybridized carbons (Fsp3) is 0.778. The van der Waals surface area contributed by atoms with E-state index in [1.54, 1.807) is 11.9 Å². The normalized spacial score (nSPS) is 15.2. The van der Waals surface area contributed by atoms with E-state index in [4.69, 9.17) is 35.7 Å². The number of hydrogen-bond acceptors (Lipinski definition) is 6. The van der Waals surface area contributed by atoms with Crippen LogP contribution in [0.2, 0.25) is 0 Å². The van der Waals surface area contributed by atoms with Crippen LogP contribution in [-0.4, -0.2) is 72.8 Å². The number of nitrogens with zero attached hydrogens (tertiary/aromatic N) is 1. The van der Waals surface area contributed by atoms with E-state index < -0.39 is 24.3 Å². The summed E-state index contributed by atoms with van der Waals surface area (Å²) in [6.45, 7) is 3.94. The van der Waals surface area contributed by atoms with Gasteiger partial charge in [-0.05, 0) is 19.3 Å². The van der Waals surface area contributed by atoms with Crippen molar-refractivity contribution in [1.82, 2.24) is 4.90 Å². The number of rotatable bonds is 7. The van der Waals surface area contributed by atoms with E-state index in [9.17, 15) is 31.1 Å². The first-order valence-electron chi connectivity index (χ1n) is 9.65. The van der Waals surface area contributed by atoms with Gasteiger partial charge in [-0.2, -0.15) is 26.3 Å². The molecule has 1 aliphatic rings. The SMILES string of the molecule is CCCCCC(=O)C1(CN(C)C(=N)N)CCOCC1.O=C(O)C(F)(F)F.O=C([O-])C(F)(F)F. The summed E-state index contributed by atoms with van der Waals surface area (Å²) in [5, 5.41) is 23.4. The molecule has 0 aliphatic carbocycles. The Kier molecular flexibility index (Phi) is 14.4. The Labute approximate surface area is 186 Å². The highest BCUT2D eigenvalue weighted by atomic mass is 19.4. The predicted molar refractivity (Wildman–Crippen MR) is 101 cm³/mol. The number of Topliss-reactive ketones (excluding diaryl/α,β-unsaturated/α-hetero) is 1. The number of carboxylic acid groups (broad SMARTS) is 2. The zero-order chi connectivity index (χ0) is 26.5. The van der Waals surface area contributed by atoms with E-state index in [0.29, 0.717) is 32.0 Å². The molecule has 0 atom stereocenters. The smallest absolute Gasteiger partial charge is 0.490 e. The molecule has 0 unspecified atom stereocenters. The van der Waals surface area contributed by atoms with Crippen LogP contribution in [0, 0.1) is 10.8 Å². The number of aliphatic carboxylic acids is 2. The van der Waals surface area contributed by atoms with E-state index >= 15 is 0 Å². The number of carbonyl (C=O) groups is 3. The number of hydrogen-bond donors (Lipinski definition) is 3. The van der Waals surface area contributed by atoms with Gasteiger partial charge in [0.1, 0.15) is 11.8 Å². The maximum atomic E-state index is 12.6. The molecule has 1 heterocycles. The molecule has 0 radical (unpaired) electrons. The van der Waals surface area contributed by atoms with Crippen LogP contribution in [-0.2, 0) is 19.1 Å². The summed E-state index contributed by atoms with van der Waals surface area (Å²) < 4.78 is 68.7. The molecule has 9 nitrogen and oxygen atoms in total. The van der Waals surface area contributed by atoms with Gasteiger partial charge in [-0.1, -0.05) is 19.8 Å². The molecule has 15 heteroatoms. The average molecular weight is 496 g/mol. The Hall–Kier alpha value is -2.58. The summed E-state index contributed by atoms with van der Waals surface area (Å²) in [7, 11) is 1.78. The summed E-state index contributed by atoms with van der Waals surface area (Å²) in [6.07, 6.45) is -4.97. The zero-order valence-corrected chi connectivity index (χ0v) is 18.1. The molecule has 194 valence electrons. The van der Waals surface area contributed by atoms with Crippen molar-refractivity contribution in [3.63, 3.8) is 0 Å². The van der Waals surface area contributed by atoms with Crippen molar-refractivity contribution < 1.29 is 55.7 Å². The molecule has 33 heavy (non-hydrogen) atoms. The highest BCUT2D eigenvalue weighted by Crippen LogP contribution is 2.34. The molecule has 0 bridgehead atoms. The maximum absolute atomic E-state index is 12.6. The Morgan fingerprint density at radius 1 is 1.09 bits per heavy atom. The minimum absolute atomic E-state index is 0.0206. The van der Waals surface area contributed by atoms with Gasteiger partial charge in [-0.25, -0.2) is 4.79 Å². The van der Waals surface area contributed by atoms with E-state index in [1.165, 1.54) is 0 Å². The molecule has 1 saturated heterocycles. The van der Waals surface area contributed by atoms with Crippen LogP contribution in [0.25, 0.3) is 0 Å². The molecule has 0 aromatic carbocycles. The minimum Gasteiger partial charge on any atom is -0.542 e. The number of unbranched alkanes of at least 4 members (excludes halogenated alkanes) is 2. The third-order valence-electron chi connectivity index (χ3n) is 4.47. The maximum Gasteiger partial charge on any atom is 0.490 e. The first-order valence-corrected chi connectivity index (χ1v) is 9.65. The van der Waals surface area contributed by atoms with Crippen molar-refractivity contribution in [3.05, 3.63) is 0 Å². The van der Waals surface area contributed by atoms with Gasteiger partial charge in [0.2, 0.25) is 0 Å². The highest BCUT2D eigenvalue weighted by Gasteiger charge is 2.40. The third kappa shape index (κ3) is 14.2. The molecular formula is C18H28F6N3O6-. The highest BCUT2D eigenvalue weighted by molar-refractivity contribution is 5.86. The van der Waals surface area contributed by atoms with Gasteiger partial charge >= 0.3 is 18.3 Å². The number of halogens is 6. The molecular weight excluding hydrogens is 468 g/mol. The van der Waals surface area contributed by atoms with Crippen LogP contribution in [0.15, 0.2) is 0 Å². The molecule has 4 N–H and O–H groups in total. The van der Waals surface area contributed by atoms with Gasteiger partial charge in [0, 0.05) is 33.2 Å². The number of ether oxygens (including phenoxy) is 1. The number of nitrogens with two attached hydrogens (primary N) is 1. The molecule has 1 fully saturated rings. The van der Waals surface area contributed by atoms with Crippen LogP contribution < -0.4 is 10.8 Å². The minimum atomic E-state index is -5.19. The Balaban J connectivity index is 0. The van der Waals surface area contributed by atoms with Gasteiger partial charge in [-0.3, -0.25) is 10.2 Å². The molecule has 0 spiro atoms. The molecule has 0 amide bonds. The van der Waals surface area contributed by atoms with Crippen molar-refractivity contribution in [2.24, 2.45) is 11.1 Å². The van der Waals surface area contributed by atoms with Gasteiger partial charge in [0.25, 0.3) is 0 Å². The Morgan fingerprint density at radius 2 is 1.52 bits per heavy atom. The molecule has 0 aromatic heterocycles. The number of carbonyl (C=O) groups excluding carboxylic acids is 2. The van der Waals surface area contributed by atoms with Crippen LogP contribution in [0.1, 0.15) is 45.4 Å². The van der Waals surface area contributed by atoms with Gasteiger partial charge < -0.3 is 30.4 Å². The summed E-state index contributed by atoms with van der Waals surface area (Å²) >= 11 is 0. The zero-order valence-electron chi connectivity index (χ0n) is 18.1. The number of alkyl halides is 6. The number of ketones is 1. The van der Waals surface area contributed by atoms with Crippen LogP contribution in [0.5, 0.6) is 0 Å². The quantitative estimate of drug-likeness (QED) is 0.208. The molecule has 1 rings (SSSR count). The van der Waals surface area contributed by atoms with Crippen molar-refractivity contribution in [2.75, 3.05) is 26.8 Å². The van der Waals surface area contributed by atoms with Gasteiger partial charge in [0.15, 0.2) is 5.96 Å². The topological polar surface area (TPSA) is 157 Å². The van der Waals surface area contributed by atoms with Crippen LogP contribution >= 0.6 is 0 Å². The first-order chi connectivity index (χ1) is 14.9. The lowest BCUT2D eigenvalue weighted by molar-refractivity contribution is -0.344. The van der Waals surface area contributed by atoms with Crippen molar-refractivity contribution >= 4 is 23.7 Å². The standard InChI is InChI=1S/C14H27N3O2.2C2HF3O2/c1-3-4-5-6-12(18)14(7-9-19-10-8-14)11-17(2)13(15)16;2*3-2(4,5)1(6)7/h3-11H2,1-2H3,(H3,15,16);2*(H,6,7)/p-1. The summed E-state index contributed by atoms with van der Waals surface area (Å²) in [5.74, 6) is -5.43. The monoisotopic (exact) mass is 496 g/mol. The largest absolute Gasteiger partial charge is 0.542 e. The van der Waals surface area contributed by atoms with Crippen LogP contribution in [0.4, 0.5) is 26.3 Å². The van der Waals surface area contributed by atoms with Crippen molar-refractivity contribution in [1.29, 1.82) is 5.41 Å². The lowest BCUT2D eigenvalue weighted by atomic mass is 9.74. The number of carboxylic acids is 2. The predicted octanol–water partition coefficient (Wildman–Crippen LogP) is 1.69. The molecule has 0 saturated carbocycles. The number of guanidine groups is 1. The van der Waals surface area contributed by atoms with E-state index in [-0.39, 0.29) is 11.4 Å². The summed E-state index contributed by atoms with van der Waals surface area (Å²) in [6, 6.07) is 0. The van der Waals surface area contributed by atoms with Gasteiger partial charge in [0.05, 0.1) is 5.41 Å². The Bertz CT molecular complexity index is 625. The second-order valence-electron chi connectivity index (χ2n) is 7.10. The Morgan fingerprint density at radius 3 is 1.82 bits per heavy atom. The van der Waals surface area contributed by atoms with E-state index in [0.717, 1.165) is 32.1 Å².